The molecule has 40 heavy (non-hydrogen) atoms. The van der Waals surface area contributed by atoms with Crippen LogP contribution in [-0.4, -0.2) is 24.4 Å². The van der Waals surface area contributed by atoms with E-state index in [1.165, 1.54) is 66.5 Å². The van der Waals surface area contributed by atoms with Gasteiger partial charge in [0.05, 0.1) is 15.9 Å². The highest BCUT2D eigenvalue weighted by atomic mass is 32.1. The molecule has 3 heterocycles. The van der Waals surface area contributed by atoms with Gasteiger partial charge in [-0.15, -0.1) is 5.10 Å². The zero-order valence-electron chi connectivity index (χ0n) is 21.9. The normalized spacial score (nSPS) is 26.0. The minimum Gasteiger partial charge on any atom is -0.266 e. The Hall–Kier alpha value is -3.91. The van der Waals surface area contributed by atoms with Crippen LogP contribution in [0.5, 0.6) is 0 Å². The van der Waals surface area contributed by atoms with Gasteiger partial charge < -0.3 is 0 Å². The van der Waals surface area contributed by atoms with Gasteiger partial charge in [0, 0.05) is 17.2 Å². The number of benzene rings is 2. The average molecular weight is 550 g/mol. The van der Waals surface area contributed by atoms with Gasteiger partial charge in [0.1, 0.15) is 5.82 Å². The Kier molecular flexibility index (Phi) is 5.42. The maximum Gasteiger partial charge on any atom is 0.291 e. The van der Waals surface area contributed by atoms with Crippen molar-refractivity contribution in [2.24, 2.45) is 17.8 Å². The second kappa shape index (κ2) is 9.06. The summed E-state index contributed by atoms with van der Waals surface area (Å²) in [5.74, 6) is 2.56. The van der Waals surface area contributed by atoms with Crippen molar-refractivity contribution >= 4 is 34.5 Å². The zero-order chi connectivity index (χ0) is 26.8. The molecule has 0 radical (unpaired) electrons. The molecule has 200 valence electrons. The number of halogens is 1. The summed E-state index contributed by atoms with van der Waals surface area (Å²) in [6, 6.07) is 16.4. The Morgan fingerprint density at radius 1 is 0.900 bits per heavy atom. The van der Waals surface area contributed by atoms with Crippen LogP contribution in [0.3, 0.4) is 0 Å². The third-order valence-electron chi connectivity index (χ3n) is 9.08. The van der Waals surface area contributed by atoms with E-state index in [0.29, 0.717) is 15.3 Å². The molecule has 4 saturated carbocycles. The molecule has 0 saturated heterocycles. The maximum absolute atomic E-state index is 13.4. The second-order valence-corrected chi connectivity index (χ2v) is 12.9. The van der Waals surface area contributed by atoms with Gasteiger partial charge in [0.15, 0.2) is 5.82 Å². The van der Waals surface area contributed by atoms with Crippen LogP contribution < -0.4 is 10.1 Å². The minimum absolute atomic E-state index is 0.0949. The maximum atomic E-state index is 13.4. The molecule has 0 atom stereocenters. The number of para-hydroxylation sites is 1. The summed E-state index contributed by atoms with van der Waals surface area (Å²) >= 11 is 1.35. The van der Waals surface area contributed by atoms with Crippen molar-refractivity contribution in [1.82, 2.24) is 24.4 Å². The first kappa shape index (κ1) is 23.9. The molecule has 0 spiro atoms. The van der Waals surface area contributed by atoms with E-state index in [4.69, 9.17) is 5.10 Å². The molecule has 2 aromatic carbocycles. The van der Waals surface area contributed by atoms with Crippen molar-refractivity contribution in [2.45, 2.75) is 43.9 Å². The standard InChI is InChI=1S/C32H28FN5OS/c33-25-9-6-20(7-10-25)8-11-28-34-31-38(35-28)30(39)27(40-31)15-24-19-37(26-4-2-1-3-5-26)36-29(24)32-16-21-12-22(17-32)14-23(13-21)18-32/h1-11,15,19,21-23H,12-14,16-18H2/b11-8+,27-15-. The lowest BCUT2D eigenvalue weighted by atomic mass is 9.48. The molecular weight excluding hydrogens is 521 g/mol. The number of hydrogen-bond acceptors (Lipinski definition) is 5. The van der Waals surface area contributed by atoms with Gasteiger partial charge in [-0.25, -0.2) is 9.07 Å². The topological polar surface area (TPSA) is 65.1 Å². The van der Waals surface area contributed by atoms with Gasteiger partial charge in [0.25, 0.3) is 5.56 Å². The van der Waals surface area contributed by atoms with Gasteiger partial charge in [-0.2, -0.15) is 14.6 Å². The van der Waals surface area contributed by atoms with E-state index >= 15 is 0 Å². The number of aromatic nitrogens is 5. The summed E-state index contributed by atoms with van der Waals surface area (Å²) in [6.07, 6.45) is 15.4. The molecule has 0 aliphatic heterocycles. The van der Waals surface area contributed by atoms with Crippen molar-refractivity contribution in [2.75, 3.05) is 0 Å². The zero-order valence-corrected chi connectivity index (χ0v) is 22.7. The first-order valence-corrected chi connectivity index (χ1v) is 14.8. The predicted octanol–water partition coefficient (Wildman–Crippen LogP) is 5.66. The first-order valence-electron chi connectivity index (χ1n) is 14.0. The molecule has 8 heteroatoms. The summed E-state index contributed by atoms with van der Waals surface area (Å²) in [5, 5.41) is 9.67. The van der Waals surface area contributed by atoms with Crippen LogP contribution >= 0.6 is 11.3 Å². The molecule has 9 rings (SSSR count). The summed E-state index contributed by atoms with van der Waals surface area (Å²) in [6.45, 7) is 0. The lowest BCUT2D eigenvalue weighted by Crippen LogP contribution is -2.49. The Morgan fingerprint density at radius 2 is 1.60 bits per heavy atom. The van der Waals surface area contributed by atoms with Gasteiger partial charge in [-0.05, 0) is 98.3 Å². The Morgan fingerprint density at radius 3 is 2.27 bits per heavy atom. The van der Waals surface area contributed by atoms with Gasteiger partial charge >= 0.3 is 0 Å². The summed E-state index contributed by atoms with van der Waals surface area (Å²) in [7, 11) is 0. The largest absolute Gasteiger partial charge is 0.291 e. The van der Waals surface area contributed by atoms with Crippen LogP contribution in [0.4, 0.5) is 4.39 Å². The van der Waals surface area contributed by atoms with E-state index in [0.717, 1.165) is 40.3 Å². The molecule has 0 N–H and O–H groups in total. The lowest BCUT2D eigenvalue weighted by molar-refractivity contribution is -0.00743. The molecule has 0 unspecified atom stereocenters. The van der Waals surface area contributed by atoms with Crippen molar-refractivity contribution < 1.29 is 4.39 Å². The molecule has 4 aliphatic carbocycles. The van der Waals surface area contributed by atoms with Crippen LogP contribution in [0.15, 0.2) is 65.6 Å². The fraction of sp³-hybridized carbons (Fsp3) is 0.312. The Balaban J connectivity index is 1.20. The third-order valence-corrected chi connectivity index (χ3v) is 10.0. The van der Waals surface area contributed by atoms with Crippen LogP contribution in [0.25, 0.3) is 28.9 Å². The number of nitrogens with zero attached hydrogens (tertiary/aromatic N) is 5. The Bertz CT molecular complexity index is 1830. The molecule has 3 aromatic heterocycles. The SMILES string of the molecule is O=c1/c(=C/c2cn(-c3ccccc3)nc2C23CC4CC(CC(C4)C2)C3)sc2nc(/C=C/c3ccc(F)cc3)nn12. The monoisotopic (exact) mass is 549 g/mol. The van der Waals surface area contributed by atoms with Gasteiger partial charge in [-0.1, -0.05) is 47.7 Å². The number of rotatable bonds is 5. The fourth-order valence-electron chi connectivity index (χ4n) is 7.82. The number of hydrogen-bond donors (Lipinski definition) is 0. The highest BCUT2D eigenvalue weighted by Gasteiger charge is 2.53. The summed E-state index contributed by atoms with van der Waals surface area (Å²) < 4.78 is 17.2. The van der Waals surface area contributed by atoms with E-state index in [2.05, 4.69) is 28.4 Å². The minimum atomic E-state index is -0.279. The predicted molar refractivity (Wildman–Crippen MR) is 155 cm³/mol. The lowest BCUT2D eigenvalue weighted by Gasteiger charge is -2.56. The molecule has 5 aromatic rings. The molecule has 6 nitrogen and oxygen atoms in total. The summed E-state index contributed by atoms with van der Waals surface area (Å²) in [4.78, 5) is 18.6. The second-order valence-electron chi connectivity index (χ2n) is 11.9. The van der Waals surface area contributed by atoms with Crippen LogP contribution in [0.2, 0.25) is 0 Å². The van der Waals surface area contributed by atoms with E-state index in [1.54, 1.807) is 18.2 Å². The molecule has 4 aliphatic rings. The molecule has 0 amide bonds. The average Bonchev–Trinajstić information content (AvgIpc) is 3.63. The highest BCUT2D eigenvalue weighted by Crippen LogP contribution is 2.61. The van der Waals surface area contributed by atoms with E-state index in [1.807, 2.05) is 35.0 Å². The van der Waals surface area contributed by atoms with Crippen molar-refractivity contribution in [3.63, 3.8) is 0 Å². The first-order chi connectivity index (χ1) is 19.5. The van der Waals surface area contributed by atoms with E-state index in [-0.39, 0.29) is 16.8 Å². The smallest absolute Gasteiger partial charge is 0.266 e. The Labute approximate surface area is 234 Å². The van der Waals surface area contributed by atoms with Crippen LogP contribution in [-0.2, 0) is 5.41 Å². The quantitative estimate of drug-likeness (QED) is 0.284. The third kappa shape index (κ3) is 4.04. The highest BCUT2D eigenvalue weighted by molar-refractivity contribution is 7.15. The number of thiazole rings is 1. The van der Waals surface area contributed by atoms with Gasteiger partial charge in [0.2, 0.25) is 4.96 Å². The molecule has 4 bridgehead atoms. The van der Waals surface area contributed by atoms with E-state index in [9.17, 15) is 9.18 Å². The van der Waals surface area contributed by atoms with Crippen LogP contribution in [0.1, 0.15) is 61.2 Å². The van der Waals surface area contributed by atoms with Crippen molar-refractivity contribution in [3.05, 3.63) is 104 Å². The molecule has 4 fully saturated rings. The molecular formula is C32H28FN5OS. The summed E-state index contributed by atoms with van der Waals surface area (Å²) in [5.41, 5.74) is 3.97. The fourth-order valence-corrected chi connectivity index (χ4v) is 8.73. The van der Waals surface area contributed by atoms with Gasteiger partial charge in [-0.3, -0.25) is 4.79 Å². The van der Waals surface area contributed by atoms with Crippen molar-refractivity contribution in [3.8, 4) is 5.69 Å². The van der Waals surface area contributed by atoms with Crippen LogP contribution in [0, 0.1) is 23.6 Å². The van der Waals surface area contributed by atoms with E-state index < -0.39 is 0 Å². The van der Waals surface area contributed by atoms with Crippen molar-refractivity contribution in [1.29, 1.82) is 0 Å². The number of fused-ring (bicyclic) bond motifs is 1.